The molecule has 0 fully saturated rings. The first-order valence-electron chi connectivity index (χ1n) is 6.75. The van der Waals surface area contributed by atoms with Gasteiger partial charge in [-0.05, 0) is 41.7 Å². The average molecular weight is 309 g/mol. The van der Waals surface area contributed by atoms with E-state index in [2.05, 4.69) is 26.0 Å². The molecule has 0 radical (unpaired) electrons. The van der Waals surface area contributed by atoms with Crippen molar-refractivity contribution < 1.29 is 5.11 Å². The van der Waals surface area contributed by atoms with Crippen LogP contribution in [0.4, 0.5) is 0 Å². The van der Waals surface area contributed by atoms with Gasteiger partial charge in [0.2, 0.25) is 0 Å². The third kappa shape index (κ3) is 3.35. The van der Waals surface area contributed by atoms with Crippen LogP contribution in [0.3, 0.4) is 0 Å². The van der Waals surface area contributed by atoms with Gasteiger partial charge in [0.05, 0.1) is 0 Å². The topological polar surface area (TPSA) is 20.2 Å². The van der Waals surface area contributed by atoms with Crippen LogP contribution in [0.25, 0.3) is 0 Å². The summed E-state index contributed by atoms with van der Waals surface area (Å²) in [6.45, 7) is 4.36. The summed E-state index contributed by atoms with van der Waals surface area (Å²) in [5.41, 5.74) is 2.73. The fourth-order valence-corrected chi connectivity index (χ4v) is 2.55. The van der Waals surface area contributed by atoms with E-state index >= 15 is 0 Å². The summed E-state index contributed by atoms with van der Waals surface area (Å²) in [4.78, 5) is 0. The molecule has 1 nitrogen and oxygen atoms in total. The Labute approximate surface area is 130 Å². The van der Waals surface area contributed by atoms with Crippen LogP contribution in [-0.2, 0) is 0 Å². The van der Waals surface area contributed by atoms with Crippen LogP contribution in [0.1, 0.15) is 49.0 Å². The Balaban J connectivity index is 2.29. The molecule has 2 aromatic rings. The number of benzene rings is 2. The molecule has 0 bridgehead atoms. The fraction of sp³-hybridized carbons (Fsp3) is 0.294. The Bertz CT molecular complexity index is 578. The van der Waals surface area contributed by atoms with Gasteiger partial charge < -0.3 is 5.11 Å². The Morgan fingerprint density at radius 3 is 2.20 bits per heavy atom. The maximum atomic E-state index is 10.4. The molecule has 2 atom stereocenters. The van der Waals surface area contributed by atoms with E-state index < -0.39 is 6.10 Å². The van der Waals surface area contributed by atoms with Crippen molar-refractivity contribution in [2.75, 3.05) is 0 Å². The smallest absolute Gasteiger partial charge is 0.106 e. The lowest BCUT2D eigenvalue weighted by molar-refractivity contribution is 0.220. The average Bonchev–Trinajstić information content (AvgIpc) is 2.48. The Hall–Kier alpha value is -1.02. The number of aliphatic hydroxyl groups is 1. The zero-order valence-corrected chi connectivity index (χ0v) is 13.1. The molecule has 0 aliphatic heterocycles. The van der Waals surface area contributed by atoms with Crippen LogP contribution in [-0.4, -0.2) is 5.11 Å². The van der Waals surface area contributed by atoms with Gasteiger partial charge in [0.1, 0.15) is 6.10 Å². The van der Waals surface area contributed by atoms with Crippen LogP contribution in [0.5, 0.6) is 0 Å². The van der Waals surface area contributed by atoms with Gasteiger partial charge in [-0.25, -0.2) is 0 Å². The predicted molar refractivity (Wildman–Crippen MR) is 85.7 cm³/mol. The van der Waals surface area contributed by atoms with Crippen molar-refractivity contribution in [1.82, 2.24) is 0 Å². The molecular weight excluding hydrogens is 291 g/mol. The first kappa shape index (κ1) is 15.4. The molecule has 0 amide bonds. The Morgan fingerprint density at radius 1 is 1.00 bits per heavy atom. The van der Waals surface area contributed by atoms with Gasteiger partial charge in [-0.3, -0.25) is 0 Å². The Kier molecular flexibility index (Phi) is 5.09. The van der Waals surface area contributed by atoms with E-state index in [1.165, 1.54) is 5.56 Å². The van der Waals surface area contributed by atoms with Crippen molar-refractivity contribution in [3.8, 4) is 0 Å². The highest BCUT2D eigenvalue weighted by Gasteiger charge is 2.15. The minimum atomic E-state index is -0.757. The molecular formula is C17H18Cl2O. The summed E-state index contributed by atoms with van der Waals surface area (Å²) in [5, 5.41) is 11.5. The first-order valence-corrected chi connectivity index (χ1v) is 7.51. The standard InChI is InChI=1S/C17H18Cl2O/c1-3-11(2)12-4-6-13(7-5-12)17(20)15-10-14(18)8-9-16(15)19/h4-11,17,20H,3H2,1-2H3. The summed E-state index contributed by atoms with van der Waals surface area (Å²) in [6.07, 6.45) is 0.342. The lowest BCUT2D eigenvalue weighted by atomic mass is 9.95. The summed E-state index contributed by atoms with van der Waals surface area (Å²) < 4.78 is 0. The Morgan fingerprint density at radius 2 is 1.60 bits per heavy atom. The minimum Gasteiger partial charge on any atom is -0.384 e. The van der Waals surface area contributed by atoms with Gasteiger partial charge in [-0.15, -0.1) is 0 Å². The van der Waals surface area contributed by atoms with Crippen molar-refractivity contribution >= 4 is 23.2 Å². The lowest BCUT2D eigenvalue weighted by Crippen LogP contribution is -2.01. The first-order chi connectivity index (χ1) is 9.52. The van der Waals surface area contributed by atoms with Gasteiger partial charge in [0.25, 0.3) is 0 Å². The summed E-state index contributed by atoms with van der Waals surface area (Å²) in [6, 6.07) is 13.1. The monoisotopic (exact) mass is 308 g/mol. The lowest BCUT2D eigenvalue weighted by Gasteiger charge is -2.15. The third-order valence-corrected chi connectivity index (χ3v) is 4.27. The van der Waals surface area contributed by atoms with E-state index in [9.17, 15) is 5.11 Å². The quantitative estimate of drug-likeness (QED) is 0.780. The van der Waals surface area contributed by atoms with E-state index in [-0.39, 0.29) is 0 Å². The predicted octanol–water partition coefficient (Wildman–Crippen LogP) is 5.59. The molecule has 0 aliphatic rings. The summed E-state index contributed by atoms with van der Waals surface area (Å²) >= 11 is 12.1. The highest BCUT2D eigenvalue weighted by molar-refractivity contribution is 6.33. The zero-order chi connectivity index (χ0) is 14.7. The third-order valence-electron chi connectivity index (χ3n) is 3.69. The van der Waals surface area contributed by atoms with Crippen molar-refractivity contribution in [2.24, 2.45) is 0 Å². The number of hydrogen-bond donors (Lipinski definition) is 1. The molecule has 0 spiro atoms. The second-order valence-electron chi connectivity index (χ2n) is 5.04. The fourth-order valence-electron chi connectivity index (χ4n) is 2.15. The second-order valence-corrected chi connectivity index (χ2v) is 5.89. The van der Waals surface area contributed by atoms with E-state index in [1.807, 2.05) is 12.1 Å². The maximum Gasteiger partial charge on any atom is 0.106 e. The maximum absolute atomic E-state index is 10.4. The molecule has 0 heterocycles. The molecule has 0 saturated heterocycles. The van der Waals surface area contributed by atoms with E-state index in [0.29, 0.717) is 21.5 Å². The largest absolute Gasteiger partial charge is 0.384 e. The van der Waals surface area contributed by atoms with Crippen LogP contribution < -0.4 is 0 Å². The highest BCUT2D eigenvalue weighted by atomic mass is 35.5. The molecule has 1 N–H and O–H groups in total. The second kappa shape index (κ2) is 6.62. The molecule has 2 aromatic carbocycles. The van der Waals surface area contributed by atoms with Crippen LogP contribution in [0.2, 0.25) is 10.0 Å². The van der Waals surface area contributed by atoms with Gasteiger partial charge in [0.15, 0.2) is 0 Å². The van der Waals surface area contributed by atoms with Gasteiger partial charge >= 0.3 is 0 Å². The normalized spacial score (nSPS) is 14.1. The van der Waals surface area contributed by atoms with Crippen molar-refractivity contribution in [1.29, 1.82) is 0 Å². The van der Waals surface area contributed by atoms with Crippen molar-refractivity contribution in [3.63, 3.8) is 0 Å². The van der Waals surface area contributed by atoms with Crippen molar-refractivity contribution in [3.05, 3.63) is 69.2 Å². The molecule has 2 rings (SSSR count). The molecule has 106 valence electrons. The SMILES string of the molecule is CCC(C)c1ccc(C(O)c2cc(Cl)ccc2Cl)cc1. The number of hydrogen-bond acceptors (Lipinski definition) is 1. The molecule has 3 heteroatoms. The summed E-state index contributed by atoms with van der Waals surface area (Å²) in [5.74, 6) is 0.524. The highest BCUT2D eigenvalue weighted by Crippen LogP contribution is 2.31. The van der Waals surface area contributed by atoms with Gasteiger partial charge in [-0.1, -0.05) is 61.3 Å². The van der Waals surface area contributed by atoms with Gasteiger partial charge in [-0.2, -0.15) is 0 Å². The molecule has 0 saturated carbocycles. The van der Waals surface area contributed by atoms with Crippen molar-refractivity contribution in [2.45, 2.75) is 32.3 Å². The van der Waals surface area contributed by atoms with Crippen LogP contribution in [0.15, 0.2) is 42.5 Å². The molecule has 2 unspecified atom stereocenters. The zero-order valence-electron chi connectivity index (χ0n) is 11.6. The molecule has 0 aromatic heterocycles. The minimum absolute atomic E-state index is 0.521. The van der Waals surface area contributed by atoms with E-state index in [4.69, 9.17) is 23.2 Å². The number of rotatable bonds is 4. The number of aliphatic hydroxyl groups excluding tert-OH is 1. The summed E-state index contributed by atoms with van der Waals surface area (Å²) in [7, 11) is 0. The van der Waals surface area contributed by atoms with Crippen LogP contribution in [0, 0.1) is 0 Å². The van der Waals surface area contributed by atoms with Gasteiger partial charge in [0, 0.05) is 15.6 Å². The van der Waals surface area contributed by atoms with E-state index in [0.717, 1.165) is 12.0 Å². The molecule has 0 aliphatic carbocycles. The van der Waals surface area contributed by atoms with E-state index in [1.54, 1.807) is 18.2 Å². The van der Waals surface area contributed by atoms with Crippen LogP contribution >= 0.6 is 23.2 Å². The molecule has 20 heavy (non-hydrogen) atoms. The number of halogens is 2.